The lowest BCUT2D eigenvalue weighted by atomic mass is 10.3. The standard InChI is InChI=1S/C7H17NO3S/c1-7(12(9,10)11)5-6-8(2,3)4/h7H,5-6H2,1-4H3/p+1. The molecule has 0 amide bonds. The second kappa shape index (κ2) is 3.72. The molecule has 0 bridgehead atoms. The Kier molecular flexibility index (Phi) is 3.68. The van der Waals surface area contributed by atoms with Crippen molar-refractivity contribution in [3.8, 4) is 0 Å². The Morgan fingerprint density at radius 1 is 1.33 bits per heavy atom. The van der Waals surface area contributed by atoms with Gasteiger partial charge in [0.05, 0.1) is 32.9 Å². The monoisotopic (exact) mass is 196 g/mol. The number of nitrogens with zero attached hydrogens (tertiary/aromatic N) is 1. The Labute approximate surface area is 74.5 Å². The van der Waals surface area contributed by atoms with Crippen LogP contribution in [0, 0.1) is 0 Å². The van der Waals surface area contributed by atoms with Crippen molar-refractivity contribution in [2.24, 2.45) is 0 Å². The molecule has 0 aromatic rings. The molecule has 0 radical (unpaired) electrons. The lowest BCUT2D eigenvalue weighted by molar-refractivity contribution is -0.870. The van der Waals surface area contributed by atoms with Gasteiger partial charge in [-0.15, -0.1) is 0 Å². The first-order valence-electron chi connectivity index (χ1n) is 3.90. The SMILES string of the molecule is CC(CC[N+](C)(C)C)S(=O)(=O)O. The Bertz CT molecular complexity index is 228. The average molecular weight is 196 g/mol. The van der Waals surface area contributed by atoms with E-state index in [-0.39, 0.29) is 0 Å². The van der Waals surface area contributed by atoms with Gasteiger partial charge in [0.2, 0.25) is 0 Å². The number of rotatable bonds is 4. The summed E-state index contributed by atoms with van der Waals surface area (Å²) in [7, 11) is 2.11. The molecule has 0 aliphatic carbocycles. The van der Waals surface area contributed by atoms with Crippen LogP contribution in [-0.2, 0) is 10.1 Å². The van der Waals surface area contributed by atoms with Crippen LogP contribution in [0.1, 0.15) is 13.3 Å². The third-order valence-electron chi connectivity index (χ3n) is 1.71. The summed E-state index contributed by atoms with van der Waals surface area (Å²) in [6, 6.07) is 0. The molecule has 12 heavy (non-hydrogen) atoms. The van der Waals surface area contributed by atoms with Crippen molar-refractivity contribution in [2.45, 2.75) is 18.6 Å². The summed E-state index contributed by atoms with van der Waals surface area (Å²) in [5.41, 5.74) is 0. The molecule has 0 saturated heterocycles. The molecule has 0 saturated carbocycles. The molecule has 5 heteroatoms. The maximum atomic E-state index is 10.6. The molecule has 4 nitrogen and oxygen atoms in total. The molecule has 0 heterocycles. The molecule has 0 aliphatic heterocycles. The fourth-order valence-corrected chi connectivity index (χ4v) is 1.12. The maximum absolute atomic E-state index is 10.6. The van der Waals surface area contributed by atoms with Crippen LogP contribution >= 0.6 is 0 Å². The molecule has 74 valence electrons. The van der Waals surface area contributed by atoms with Crippen LogP contribution in [-0.4, -0.2) is 50.4 Å². The zero-order valence-corrected chi connectivity index (χ0v) is 8.93. The summed E-state index contributed by atoms with van der Waals surface area (Å²) in [4.78, 5) is 0. The smallest absolute Gasteiger partial charge is 0.267 e. The lowest BCUT2D eigenvalue weighted by Crippen LogP contribution is -2.37. The van der Waals surface area contributed by atoms with Gasteiger partial charge in [-0.3, -0.25) is 4.55 Å². The van der Waals surface area contributed by atoms with Crippen molar-refractivity contribution in [1.29, 1.82) is 0 Å². The van der Waals surface area contributed by atoms with E-state index in [2.05, 4.69) is 0 Å². The molecule has 0 aromatic heterocycles. The van der Waals surface area contributed by atoms with Gasteiger partial charge in [-0.05, 0) is 6.92 Å². The highest BCUT2D eigenvalue weighted by Crippen LogP contribution is 2.05. The minimum absolute atomic E-state index is 0.488. The van der Waals surface area contributed by atoms with Gasteiger partial charge in [0.1, 0.15) is 0 Å². The van der Waals surface area contributed by atoms with Crippen LogP contribution in [0.25, 0.3) is 0 Å². The normalized spacial score (nSPS) is 16.1. The van der Waals surface area contributed by atoms with E-state index in [0.717, 1.165) is 6.54 Å². The number of quaternary nitrogens is 1. The predicted octanol–water partition coefficient (Wildman–Crippen LogP) is 0.359. The third kappa shape index (κ3) is 5.51. The topological polar surface area (TPSA) is 54.4 Å². The molecule has 0 aromatic carbocycles. The van der Waals surface area contributed by atoms with Crippen molar-refractivity contribution < 1.29 is 17.5 Å². The summed E-state index contributed by atoms with van der Waals surface area (Å²) in [5, 5.41) is -0.658. The highest BCUT2D eigenvalue weighted by molar-refractivity contribution is 7.86. The lowest BCUT2D eigenvalue weighted by Gasteiger charge is -2.24. The van der Waals surface area contributed by atoms with Gasteiger partial charge in [-0.25, -0.2) is 0 Å². The van der Waals surface area contributed by atoms with Gasteiger partial charge >= 0.3 is 0 Å². The van der Waals surface area contributed by atoms with Gasteiger partial charge in [0.25, 0.3) is 10.1 Å². The summed E-state index contributed by atoms with van der Waals surface area (Å²) in [6.45, 7) is 2.26. The average Bonchev–Trinajstić information content (AvgIpc) is 1.78. The van der Waals surface area contributed by atoms with Crippen molar-refractivity contribution in [1.82, 2.24) is 0 Å². The van der Waals surface area contributed by atoms with Crippen molar-refractivity contribution in [3.63, 3.8) is 0 Å². The van der Waals surface area contributed by atoms with Crippen molar-refractivity contribution >= 4 is 10.1 Å². The second-order valence-corrected chi connectivity index (χ2v) is 5.96. The van der Waals surface area contributed by atoms with Crippen LogP contribution < -0.4 is 0 Å². The van der Waals surface area contributed by atoms with E-state index in [1.165, 1.54) is 6.92 Å². The van der Waals surface area contributed by atoms with E-state index in [9.17, 15) is 8.42 Å². The van der Waals surface area contributed by atoms with Gasteiger partial charge in [-0.1, -0.05) is 0 Å². The molecule has 1 N–H and O–H groups in total. The van der Waals surface area contributed by atoms with Gasteiger partial charge in [0.15, 0.2) is 0 Å². The highest BCUT2D eigenvalue weighted by atomic mass is 32.2. The molecule has 0 fully saturated rings. The summed E-state index contributed by atoms with van der Waals surface area (Å²) >= 11 is 0. The maximum Gasteiger partial charge on any atom is 0.267 e. The van der Waals surface area contributed by atoms with E-state index >= 15 is 0 Å². The van der Waals surface area contributed by atoms with Gasteiger partial charge in [-0.2, -0.15) is 8.42 Å². The van der Waals surface area contributed by atoms with E-state index < -0.39 is 15.4 Å². The summed E-state index contributed by atoms with van der Waals surface area (Å²) in [6.07, 6.45) is 0.488. The van der Waals surface area contributed by atoms with E-state index in [1.54, 1.807) is 0 Å². The summed E-state index contributed by atoms with van der Waals surface area (Å²) in [5.74, 6) is 0. The molecular formula is C7H18NO3S+. The quantitative estimate of drug-likeness (QED) is 0.522. The Hall–Kier alpha value is -0.130. The zero-order chi connectivity index (χ0) is 9.99. The predicted molar refractivity (Wildman–Crippen MR) is 48.5 cm³/mol. The van der Waals surface area contributed by atoms with E-state index in [1.807, 2.05) is 21.1 Å². The summed E-state index contributed by atoms with van der Waals surface area (Å²) < 4.78 is 30.5. The first-order valence-corrected chi connectivity index (χ1v) is 5.40. The molecule has 1 unspecified atom stereocenters. The van der Waals surface area contributed by atoms with Crippen molar-refractivity contribution in [3.05, 3.63) is 0 Å². The van der Waals surface area contributed by atoms with Crippen LogP contribution in [0.4, 0.5) is 0 Å². The molecule has 0 spiro atoms. The molecular weight excluding hydrogens is 178 g/mol. The van der Waals surface area contributed by atoms with Gasteiger partial charge in [0, 0.05) is 6.42 Å². The van der Waals surface area contributed by atoms with E-state index in [4.69, 9.17) is 4.55 Å². The fraction of sp³-hybridized carbons (Fsp3) is 1.00. The van der Waals surface area contributed by atoms with Crippen LogP contribution in [0.5, 0.6) is 0 Å². The minimum atomic E-state index is -3.84. The Morgan fingerprint density at radius 3 is 2.00 bits per heavy atom. The van der Waals surface area contributed by atoms with Crippen LogP contribution in [0.15, 0.2) is 0 Å². The Morgan fingerprint density at radius 2 is 1.75 bits per heavy atom. The second-order valence-electron chi connectivity index (χ2n) is 4.13. The molecule has 0 aliphatic rings. The third-order valence-corrected chi connectivity index (χ3v) is 2.97. The largest absolute Gasteiger partial charge is 0.331 e. The first-order chi connectivity index (χ1) is 5.13. The number of hydrogen-bond donors (Lipinski definition) is 1. The fourth-order valence-electron chi connectivity index (χ4n) is 0.718. The van der Waals surface area contributed by atoms with E-state index in [0.29, 0.717) is 10.9 Å². The van der Waals surface area contributed by atoms with Crippen LogP contribution in [0.3, 0.4) is 0 Å². The van der Waals surface area contributed by atoms with Crippen molar-refractivity contribution in [2.75, 3.05) is 27.7 Å². The number of hydrogen-bond acceptors (Lipinski definition) is 2. The highest BCUT2D eigenvalue weighted by Gasteiger charge is 2.20. The minimum Gasteiger partial charge on any atom is -0.331 e. The van der Waals surface area contributed by atoms with Crippen LogP contribution in [0.2, 0.25) is 0 Å². The molecule has 1 atom stereocenters. The van der Waals surface area contributed by atoms with Gasteiger partial charge < -0.3 is 4.48 Å². The Balaban J connectivity index is 3.98. The molecule has 0 rings (SSSR count). The first kappa shape index (κ1) is 11.9. The zero-order valence-electron chi connectivity index (χ0n) is 8.11.